The zero-order chi connectivity index (χ0) is 23.8. The molecule has 0 radical (unpaired) electrons. The van der Waals surface area contributed by atoms with Crippen LogP contribution >= 0.6 is 0 Å². The lowest BCUT2D eigenvalue weighted by Crippen LogP contribution is -2.14. The fourth-order valence-electron chi connectivity index (χ4n) is 4.75. The molecule has 5 heteroatoms. The van der Waals surface area contributed by atoms with Gasteiger partial charge in [-0.15, -0.1) is 0 Å². The molecule has 180 valence electrons. The highest BCUT2D eigenvalue weighted by Crippen LogP contribution is 2.38. The van der Waals surface area contributed by atoms with Crippen LogP contribution in [0.25, 0.3) is 0 Å². The van der Waals surface area contributed by atoms with E-state index in [0.717, 1.165) is 44.9 Å². The van der Waals surface area contributed by atoms with Crippen LogP contribution < -0.4 is 4.74 Å². The number of allylic oxidation sites excluding steroid dienone is 2. The molecule has 0 heterocycles. The normalized spacial score (nSPS) is 18.7. The average Bonchev–Trinajstić information content (AvgIpc) is 2.83. The summed E-state index contributed by atoms with van der Waals surface area (Å²) in [7, 11) is 1.31. The Morgan fingerprint density at radius 1 is 0.818 bits per heavy atom. The van der Waals surface area contributed by atoms with Crippen molar-refractivity contribution in [1.82, 2.24) is 0 Å². The van der Waals surface area contributed by atoms with Gasteiger partial charge in [-0.3, -0.25) is 0 Å². The van der Waals surface area contributed by atoms with Crippen molar-refractivity contribution in [2.75, 3.05) is 7.11 Å². The van der Waals surface area contributed by atoms with Crippen LogP contribution in [0.1, 0.15) is 80.9 Å². The summed E-state index contributed by atoms with van der Waals surface area (Å²) in [4.78, 5) is 0. The molecule has 2 aromatic rings. The zero-order valence-corrected chi connectivity index (χ0v) is 19.6. The number of hydrogen-bond acceptors (Lipinski definition) is 1. The number of aryl methyl sites for hydroxylation is 2. The molecule has 0 spiro atoms. The number of unbranched alkanes of at least 4 members (excludes halogenated alkanes) is 2. The third-order valence-electron chi connectivity index (χ3n) is 6.79. The van der Waals surface area contributed by atoms with Crippen LogP contribution in [0, 0.1) is 29.2 Å². The van der Waals surface area contributed by atoms with Crippen LogP contribution in [0.15, 0.2) is 36.4 Å². The molecule has 0 bridgehead atoms. The predicted octanol–water partition coefficient (Wildman–Crippen LogP) is 8.45. The van der Waals surface area contributed by atoms with E-state index < -0.39 is 23.3 Å². The molecule has 0 aliphatic heterocycles. The minimum atomic E-state index is -0.949. The SMILES string of the molecule is CCCCCc1ccc(C2CCC(/C=C/CCc3ccc(OC)c(F)c3F)CC2)c(F)c1F. The Balaban J connectivity index is 1.49. The molecular formula is C28H34F4O. The molecule has 0 atom stereocenters. The number of hydrogen-bond donors (Lipinski definition) is 0. The maximum absolute atomic E-state index is 14.7. The smallest absolute Gasteiger partial charge is 0.200 e. The molecule has 0 amide bonds. The van der Waals surface area contributed by atoms with Crippen LogP contribution in [0.2, 0.25) is 0 Å². The first-order chi connectivity index (χ1) is 16.0. The molecule has 2 aromatic carbocycles. The van der Waals surface area contributed by atoms with Gasteiger partial charge in [-0.1, -0.05) is 50.1 Å². The minimum Gasteiger partial charge on any atom is -0.494 e. The van der Waals surface area contributed by atoms with E-state index in [0.29, 0.717) is 41.9 Å². The van der Waals surface area contributed by atoms with E-state index in [1.165, 1.54) is 13.2 Å². The predicted molar refractivity (Wildman–Crippen MR) is 125 cm³/mol. The number of methoxy groups -OCH3 is 1. The molecule has 0 N–H and O–H groups in total. The summed E-state index contributed by atoms with van der Waals surface area (Å²) in [6.45, 7) is 2.09. The maximum atomic E-state index is 14.7. The Morgan fingerprint density at radius 3 is 2.18 bits per heavy atom. The summed E-state index contributed by atoms with van der Waals surface area (Å²) in [5, 5.41) is 0. The van der Waals surface area contributed by atoms with Crippen molar-refractivity contribution in [2.24, 2.45) is 5.92 Å². The number of rotatable bonds is 10. The van der Waals surface area contributed by atoms with E-state index in [4.69, 9.17) is 4.74 Å². The van der Waals surface area contributed by atoms with Crippen LogP contribution in [0.5, 0.6) is 5.75 Å². The molecule has 3 rings (SSSR count). The van der Waals surface area contributed by atoms with Crippen molar-refractivity contribution in [3.63, 3.8) is 0 Å². The van der Waals surface area contributed by atoms with Crippen molar-refractivity contribution < 1.29 is 22.3 Å². The van der Waals surface area contributed by atoms with Gasteiger partial charge in [0.1, 0.15) is 0 Å². The quantitative estimate of drug-likeness (QED) is 0.195. The maximum Gasteiger partial charge on any atom is 0.200 e. The molecule has 33 heavy (non-hydrogen) atoms. The van der Waals surface area contributed by atoms with E-state index in [-0.39, 0.29) is 11.7 Å². The average molecular weight is 463 g/mol. The monoisotopic (exact) mass is 462 g/mol. The van der Waals surface area contributed by atoms with Crippen molar-refractivity contribution in [2.45, 2.75) is 77.0 Å². The van der Waals surface area contributed by atoms with Gasteiger partial charge in [0.2, 0.25) is 5.82 Å². The molecule has 0 aromatic heterocycles. The van der Waals surface area contributed by atoms with E-state index in [2.05, 4.69) is 13.0 Å². The highest BCUT2D eigenvalue weighted by Gasteiger charge is 2.25. The number of halogens is 4. The first-order valence-corrected chi connectivity index (χ1v) is 12.1. The minimum absolute atomic E-state index is 0.0465. The molecule has 1 aliphatic rings. The van der Waals surface area contributed by atoms with Gasteiger partial charge in [-0.25, -0.2) is 13.2 Å². The molecule has 1 saturated carbocycles. The van der Waals surface area contributed by atoms with Crippen molar-refractivity contribution in [3.8, 4) is 5.75 Å². The lowest BCUT2D eigenvalue weighted by molar-refractivity contribution is 0.363. The lowest BCUT2D eigenvalue weighted by Gasteiger charge is -2.27. The van der Waals surface area contributed by atoms with E-state index in [1.807, 2.05) is 6.08 Å². The van der Waals surface area contributed by atoms with Crippen LogP contribution in [-0.4, -0.2) is 7.11 Å². The Bertz CT molecular complexity index is 945. The standard InChI is InChI=1S/C28H34F4O/c1-3-4-5-9-21-15-17-23(27(31)25(21)29)20-13-11-19(12-14-20)8-6-7-10-22-16-18-24(33-2)28(32)26(22)30/h6,8,15-20H,3-5,7,9-14H2,1-2H3/b8-6+. The van der Waals surface area contributed by atoms with Gasteiger partial charge in [0, 0.05) is 0 Å². The summed E-state index contributed by atoms with van der Waals surface area (Å²) in [6.07, 6.45) is 12.2. The molecule has 0 unspecified atom stereocenters. The summed E-state index contributed by atoms with van der Waals surface area (Å²) in [5.74, 6) is -2.82. The van der Waals surface area contributed by atoms with E-state index in [9.17, 15) is 17.6 Å². The van der Waals surface area contributed by atoms with E-state index >= 15 is 0 Å². The topological polar surface area (TPSA) is 9.23 Å². The van der Waals surface area contributed by atoms with Crippen molar-refractivity contribution in [3.05, 3.63) is 76.4 Å². The third-order valence-corrected chi connectivity index (χ3v) is 6.79. The van der Waals surface area contributed by atoms with Gasteiger partial charge in [-0.2, -0.15) is 4.39 Å². The van der Waals surface area contributed by atoms with Crippen LogP contribution in [0.3, 0.4) is 0 Å². The highest BCUT2D eigenvalue weighted by molar-refractivity contribution is 5.31. The Morgan fingerprint density at radius 2 is 1.48 bits per heavy atom. The molecular weight excluding hydrogens is 428 g/mol. The van der Waals surface area contributed by atoms with Crippen LogP contribution in [-0.2, 0) is 12.8 Å². The van der Waals surface area contributed by atoms with Crippen molar-refractivity contribution in [1.29, 1.82) is 0 Å². The Labute approximate surface area is 194 Å². The van der Waals surface area contributed by atoms with Gasteiger partial charge in [0.05, 0.1) is 7.11 Å². The fraction of sp³-hybridized carbons (Fsp3) is 0.500. The Kier molecular flexibility index (Phi) is 9.40. The summed E-state index contributed by atoms with van der Waals surface area (Å²) >= 11 is 0. The third kappa shape index (κ3) is 6.39. The number of benzene rings is 2. The first-order valence-electron chi connectivity index (χ1n) is 12.1. The number of ether oxygens (including phenoxy) is 1. The first kappa shape index (κ1) is 25.3. The van der Waals surface area contributed by atoms with Gasteiger partial charge < -0.3 is 4.74 Å². The van der Waals surface area contributed by atoms with Crippen molar-refractivity contribution >= 4 is 0 Å². The fourth-order valence-corrected chi connectivity index (χ4v) is 4.75. The van der Waals surface area contributed by atoms with Gasteiger partial charge >= 0.3 is 0 Å². The summed E-state index contributed by atoms with van der Waals surface area (Å²) in [5.41, 5.74) is 1.32. The molecule has 1 fully saturated rings. The summed E-state index contributed by atoms with van der Waals surface area (Å²) in [6, 6.07) is 6.54. The molecule has 1 nitrogen and oxygen atoms in total. The second-order valence-electron chi connectivity index (χ2n) is 9.03. The summed E-state index contributed by atoms with van der Waals surface area (Å²) < 4.78 is 61.9. The largest absolute Gasteiger partial charge is 0.494 e. The van der Waals surface area contributed by atoms with Gasteiger partial charge in [0.25, 0.3) is 0 Å². The second-order valence-corrected chi connectivity index (χ2v) is 9.03. The van der Waals surface area contributed by atoms with Gasteiger partial charge in [-0.05, 0) is 86.0 Å². The molecule has 1 aliphatic carbocycles. The lowest BCUT2D eigenvalue weighted by atomic mass is 9.78. The van der Waals surface area contributed by atoms with E-state index in [1.54, 1.807) is 18.2 Å². The molecule has 0 saturated heterocycles. The van der Waals surface area contributed by atoms with Gasteiger partial charge in [0.15, 0.2) is 23.2 Å². The van der Waals surface area contributed by atoms with Crippen LogP contribution in [0.4, 0.5) is 17.6 Å². The zero-order valence-electron chi connectivity index (χ0n) is 19.6. The second kappa shape index (κ2) is 12.2. The highest BCUT2D eigenvalue weighted by atomic mass is 19.2. The Hall–Kier alpha value is -2.30.